The number of ether oxygens (including phenoxy) is 1. The quantitative estimate of drug-likeness (QED) is 0.759. The molecule has 1 aromatic rings. The largest absolute Gasteiger partial charge is 0.467 e. The molecule has 106 valence electrons. The van der Waals surface area contributed by atoms with Gasteiger partial charge in [0.2, 0.25) is 0 Å². The second-order valence-electron chi connectivity index (χ2n) is 3.97. The van der Waals surface area contributed by atoms with Crippen molar-refractivity contribution >= 4 is 23.5 Å². The molecule has 19 heavy (non-hydrogen) atoms. The van der Waals surface area contributed by atoms with Crippen LogP contribution in [0.15, 0.2) is 12.3 Å². The number of amides is 1. The fraction of sp³-hybridized carbons (Fsp3) is 0.500. The first-order valence-electron chi connectivity index (χ1n) is 5.88. The zero-order valence-corrected chi connectivity index (χ0v) is 11.6. The van der Waals surface area contributed by atoms with Crippen LogP contribution in [0.25, 0.3) is 0 Å². The molecule has 2 N–H and O–H groups in total. The average Bonchev–Trinajstić information content (AvgIpc) is 2.76. The number of nitrogens with zero attached hydrogens (tertiary/aromatic N) is 1. The number of halogens is 1. The number of hydrogen-bond acceptors (Lipinski definition) is 4. The molecule has 0 spiro atoms. The van der Waals surface area contributed by atoms with E-state index >= 15 is 0 Å². The van der Waals surface area contributed by atoms with Crippen molar-refractivity contribution in [2.45, 2.75) is 25.9 Å². The summed E-state index contributed by atoms with van der Waals surface area (Å²) in [4.78, 5) is 23.3. The van der Waals surface area contributed by atoms with E-state index in [1.807, 2.05) is 6.92 Å². The maximum absolute atomic E-state index is 12.0. The molecule has 0 saturated heterocycles. The molecular formula is C12H17ClN2O4. The number of carbonyl (C=O) groups is 2. The fourth-order valence-electron chi connectivity index (χ4n) is 1.64. The molecule has 1 heterocycles. The molecule has 0 bridgehead atoms. The second kappa shape index (κ2) is 7.16. The Morgan fingerprint density at radius 2 is 2.26 bits per heavy atom. The third-order valence-corrected chi connectivity index (χ3v) is 2.74. The van der Waals surface area contributed by atoms with Gasteiger partial charge in [-0.2, -0.15) is 0 Å². The Bertz CT molecular complexity index is 459. The molecule has 0 aromatic carbocycles. The zero-order valence-electron chi connectivity index (χ0n) is 10.9. The van der Waals surface area contributed by atoms with Gasteiger partial charge in [-0.05, 0) is 12.5 Å². The molecule has 1 aromatic heterocycles. The average molecular weight is 289 g/mol. The molecule has 1 rings (SSSR count). The summed E-state index contributed by atoms with van der Waals surface area (Å²) in [5.74, 6) is -1.18. The van der Waals surface area contributed by atoms with Crippen molar-refractivity contribution in [2.75, 3.05) is 13.7 Å². The smallest absolute Gasteiger partial charge is 0.330 e. The van der Waals surface area contributed by atoms with E-state index in [2.05, 4.69) is 10.1 Å². The van der Waals surface area contributed by atoms with Gasteiger partial charge in [-0.3, -0.25) is 4.79 Å². The highest BCUT2D eigenvalue weighted by Gasteiger charge is 2.22. The van der Waals surface area contributed by atoms with Crippen molar-refractivity contribution in [3.05, 3.63) is 23.0 Å². The van der Waals surface area contributed by atoms with Crippen molar-refractivity contribution in [3.8, 4) is 0 Å². The SMILES string of the molecule is CCCn1cc(Cl)cc1C(=O)N[C@@H](CO)C(=O)OC. The number of aromatic nitrogens is 1. The molecule has 0 radical (unpaired) electrons. The van der Waals surface area contributed by atoms with E-state index in [1.54, 1.807) is 10.8 Å². The number of hydrogen-bond donors (Lipinski definition) is 2. The maximum Gasteiger partial charge on any atom is 0.330 e. The third kappa shape index (κ3) is 3.97. The van der Waals surface area contributed by atoms with Crippen LogP contribution in [-0.2, 0) is 16.1 Å². The van der Waals surface area contributed by atoms with Crippen molar-refractivity contribution in [1.29, 1.82) is 0 Å². The number of aliphatic hydroxyl groups is 1. The summed E-state index contributed by atoms with van der Waals surface area (Å²) in [6.45, 7) is 2.08. The molecule has 0 saturated carbocycles. The fourth-order valence-corrected chi connectivity index (χ4v) is 1.87. The second-order valence-corrected chi connectivity index (χ2v) is 4.41. The van der Waals surface area contributed by atoms with Crippen LogP contribution < -0.4 is 5.32 Å². The van der Waals surface area contributed by atoms with E-state index in [0.29, 0.717) is 17.3 Å². The third-order valence-electron chi connectivity index (χ3n) is 2.53. The minimum absolute atomic E-state index is 0.342. The monoisotopic (exact) mass is 288 g/mol. The van der Waals surface area contributed by atoms with Crippen molar-refractivity contribution < 1.29 is 19.4 Å². The van der Waals surface area contributed by atoms with Crippen LogP contribution in [0.2, 0.25) is 5.02 Å². The van der Waals surface area contributed by atoms with E-state index in [-0.39, 0.29) is 0 Å². The molecule has 0 aliphatic heterocycles. The molecule has 0 fully saturated rings. The Kier molecular flexibility index (Phi) is 5.85. The van der Waals surface area contributed by atoms with Crippen molar-refractivity contribution in [2.24, 2.45) is 0 Å². The minimum atomic E-state index is -1.08. The summed E-state index contributed by atoms with van der Waals surface area (Å²) in [5.41, 5.74) is 0.342. The summed E-state index contributed by atoms with van der Waals surface area (Å²) in [6, 6.07) is 0.430. The van der Waals surface area contributed by atoms with Gasteiger partial charge in [0, 0.05) is 12.7 Å². The van der Waals surface area contributed by atoms with Gasteiger partial charge in [0.25, 0.3) is 5.91 Å². The molecular weight excluding hydrogens is 272 g/mol. The number of aryl methyl sites for hydroxylation is 1. The summed E-state index contributed by atoms with van der Waals surface area (Å²) < 4.78 is 6.17. The van der Waals surface area contributed by atoms with Gasteiger partial charge in [0.05, 0.1) is 18.7 Å². The summed E-state index contributed by atoms with van der Waals surface area (Å²) in [6.07, 6.45) is 2.48. The molecule has 1 amide bonds. The van der Waals surface area contributed by atoms with Crippen LogP contribution in [0.3, 0.4) is 0 Å². The van der Waals surface area contributed by atoms with E-state index < -0.39 is 24.5 Å². The topological polar surface area (TPSA) is 80.6 Å². The van der Waals surface area contributed by atoms with Gasteiger partial charge in [-0.15, -0.1) is 0 Å². The van der Waals surface area contributed by atoms with Crippen LogP contribution >= 0.6 is 11.6 Å². The van der Waals surface area contributed by atoms with Crippen molar-refractivity contribution in [1.82, 2.24) is 9.88 Å². The highest BCUT2D eigenvalue weighted by atomic mass is 35.5. The summed E-state index contributed by atoms with van der Waals surface area (Å²) >= 11 is 5.86. The highest BCUT2D eigenvalue weighted by Crippen LogP contribution is 2.15. The number of nitrogens with one attached hydrogen (secondary N) is 1. The van der Waals surface area contributed by atoms with Crippen molar-refractivity contribution in [3.63, 3.8) is 0 Å². The lowest BCUT2D eigenvalue weighted by atomic mass is 10.3. The van der Waals surface area contributed by atoms with Gasteiger partial charge in [0.15, 0.2) is 6.04 Å². The lowest BCUT2D eigenvalue weighted by Gasteiger charge is -2.14. The first kappa shape index (κ1) is 15.5. The molecule has 0 aliphatic carbocycles. The Balaban J connectivity index is 2.85. The predicted molar refractivity (Wildman–Crippen MR) is 70.1 cm³/mol. The van der Waals surface area contributed by atoms with E-state index in [1.165, 1.54) is 13.2 Å². The number of esters is 1. The van der Waals surface area contributed by atoms with Gasteiger partial charge in [0.1, 0.15) is 5.69 Å². The van der Waals surface area contributed by atoms with Crippen LogP contribution in [0.1, 0.15) is 23.8 Å². The van der Waals surface area contributed by atoms with Crippen LogP contribution in [0.4, 0.5) is 0 Å². The Morgan fingerprint density at radius 1 is 1.58 bits per heavy atom. The van der Waals surface area contributed by atoms with Crippen LogP contribution in [0.5, 0.6) is 0 Å². The summed E-state index contributed by atoms with van der Waals surface area (Å²) in [5, 5.41) is 11.9. The number of rotatable bonds is 6. The lowest BCUT2D eigenvalue weighted by molar-refractivity contribution is -0.143. The Hall–Kier alpha value is -1.53. The molecule has 7 heteroatoms. The van der Waals surface area contributed by atoms with Gasteiger partial charge in [-0.25, -0.2) is 4.79 Å². The Morgan fingerprint density at radius 3 is 2.79 bits per heavy atom. The molecule has 6 nitrogen and oxygen atoms in total. The lowest BCUT2D eigenvalue weighted by Crippen LogP contribution is -2.44. The maximum atomic E-state index is 12.0. The van der Waals surface area contributed by atoms with Gasteiger partial charge < -0.3 is 19.7 Å². The van der Waals surface area contributed by atoms with Crippen LogP contribution in [-0.4, -0.2) is 41.3 Å². The predicted octanol–water partition coefficient (Wildman–Crippen LogP) is 0.815. The van der Waals surface area contributed by atoms with E-state index in [0.717, 1.165) is 6.42 Å². The Labute approximate surface area is 116 Å². The number of carbonyl (C=O) groups excluding carboxylic acids is 2. The number of methoxy groups -OCH3 is 1. The molecule has 1 atom stereocenters. The van der Waals surface area contributed by atoms with E-state index in [4.69, 9.17) is 16.7 Å². The zero-order chi connectivity index (χ0) is 14.4. The first-order valence-corrected chi connectivity index (χ1v) is 6.26. The first-order chi connectivity index (χ1) is 9.03. The highest BCUT2D eigenvalue weighted by molar-refractivity contribution is 6.31. The van der Waals surface area contributed by atoms with Crippen LogP contribution in [0, 0.1) is 0 Å². The van der Waals surface area contributed by atoms with Gasteiger partial charge in [-0.1, -0.05) is 18.5 Å². The van der Waals surface area contributed by atoms with Gasteiger partial charge >= 0.3 is 5.97 Å². The minimum Gasteiger partial charge on any atom is -0.467 e. The standard InChI is InChI=1S/C12H17ClN2O4/c1-3-4-15-6-8(13)5-10(15)11(17)14-9(7-16)12(18)19-2/h5-6,9,16H,3-4,7H2,1-2H3,(H,14,17)/t9-/m0/s1. The van der Waals surface area contributed by atoms with E-state index in [9.17, 15) is 9.59 Å². The summed E-state index contributed by atoms with van der Waals surface area (Å²) in [7, 11) is 1.19. The molecule has 0 unspecified atom stereocenters. The number of aliphatic hydroxyl groups excluding tert-OH is 1. The molecule has 0 aliphatic rings. The normalized spacial score (nSPS) is 12.0.